The molecule has 1 aliphatic heterocycles. The molecule has 0 aromatic carbocycles. The van der Waals surface area contributed by atoms with Gasteiger partial charge in [0.05, 0.1) is 12.1 Å². The standard InChI is InChI=1S/C18H31N3O.HI/c19-17(20-13-7-3-1-2-4-8-13)21-15-14-9-12-22-16(14)18(15)10-5-6-11-18;/h13-16H,1-12H2,(H3,19,20,21);1H. The van der Waals surface area contributed by atoms with Crippen LogP contribution in [0.4, 0.5) is 0 Å². The molecule has 1 saturated heterocycles. The molecule has 3 aliphatic carbocycles. The summed E-state index contributed by atoms with van der Waals surface area (Å²) in [7, 11) is 0. The summed E-state index contributed by atoms with van der Waals surface area (Å²) in [4.78, 5) is 4.99. The van der Waals surface area contributed by atoms with Crippen LogP contribution in [-0.2, 0) is 4.74 Å². The average molecular weight is 433 g/mol. The Bertz CT molecular complexity index is 428. The third-order valence-electron chi connectivity index (χ3n) is 6.72. The molecule has 23 heavy (non-hydrogen) atoms. The van der Waals surface area contributed by atoms with Crippen LogP contribution in [0.1, 0.15) is 70.6 Å². The van der Waals surface area contributed by atoms with E-state index >= 15 is 0 Å². The Balaban J connectivity index is 0.00000156. The van der Waals surface area contributed by atoms with E-state index in [0.29, 0.717) is 35.5 Å². The number of ether oxygens (including phenoxy) is 1. The smallest absolute Gasteiger partial charge is 0.189 e. The average Bonchev–Trinajstić information content (AvgIpc) is 3.10. The van der Waals surface area contributed by atoms with E-state index in [1.54, 1.807) is 0 Å². The predicted octanol–water partition coefficient (Wildman–Crippen LogP) is 3.58. The Labute approximate surface area is 157 Å². The van der Waals surface area contributed by atoms with Gasteiger partial charge in [0, 0.05) is 24.0 Å². The van der Waals surface area contributed by atoms with Crippen molar-refractivity contribution < 1.29 is 4.74 Å². The second kappa shape index (κ2) is 7.46. The van der Waals surface area contributed by atoms with Gasteiger partial charge in [0.2, 0.25) is 0 Å². The van der Waals surface area contributed by atoms with Crippen molar-refractivity contribution in [2.75, 3.05) is 6.61 Å². The predicted molar refractivity (Wildman–Crippen MR) is 104 cm³/mol. The van der Waals surface area contributed by atoms with E-state index in [-0.39, 0.29) is 24.0 Å². The van der Waals surface area contributed by atoms with E-state index < -0.39 is 0 Å². The van der Waals surface area contributed by atoms with Crippen LogP contribution in [0.5, 0.6) is 0 Å². The van der Waals surface area contributed by atoms with Crippen LogP contribution in [0.3, 0.4) is 0 Å². The summed E-state index contributed by atoms with van der Waals surface area (Å²) < 4.78 is 6.04. The molecule has 0 aromatic heterocycles. The third kappa shape index (κ3) is 3.24. The number of nitrogens with zero attached hydrogens (tertiary/aromatic N) is 1. The number of hydrogen-bond donors (Lipinski definition) is 2. The Morgan fingerprint density at radius 2 is 1.70 bits per heavy atom. The normalized spacial score (nSPS) is 36.9. The minimum atomic E-state index is 0. The van der Waals surface area contributed by atoms with Gasteiger partial charge < -0.3 is 15.8 Å². The molecule has 4 rings (SSSR count). The van der Waals surface area contributed by atoms with Gasteiger partial charge in [-0.2, -0.15) is 0 Å². The summed E-state index contributed by atoms with van der Waals surface area (Å²) in [6, 6.07) is 0.960. The van der Waals surface area contributed by atoms with E-state index in [2.05, 4.69) is 5.32 Å². The Morgan fingerprint density at radius 1 is 1.00 bits per heavy atom. The quantitative estimate of drug-likeness (QED) is 0.303. The van der Waals surface area contributed by atoms with Crippen LogP contribution in [0, 0.1) is 11.3 Å². The largest absolute Gasteiger partial charge is 0.377 e. The lowest BCUT2D eigenvalue weighted by molar-refractivity contribution is -0.117. The molecule has 1 spiro atoms. The highest BCUT2D eigenvalue weighted by Gasteiger charge is 2.65. The van der Waals surface area contributed by atoms with E-state index in [1.165, 1.54) is 70.6 Å². The summed E-state index contributed by atoms with van der Waals surface area (Å²) in [5.74, 6) is 1.33. The summed E-state index contributed by atoms with van der Waals surface area (Å²) in [6.45, 7) is 0.930. The number of halogens is 1. The maximum atomic E-state index is 6.30. The molecule has 1 heterocycles. The Hall–Kier alpha value is -0.0400. The molecule has 4 fully saturated rings. The van der Waals surface area contributed by atoms with Crippen LogP contribution < -0.4 is 11.1 Å². The number of fused-ring (bicyclic) bond motifs is 2. The first-order chi connectivity index (χ1) is 10.8. The summed E-state index contributed by atoms with van der Waals surface area (Å²) >= 11 is 0. The minimum Gasteiger partial charge on any atom is -0.377 e. The van der Waals surface area contributed by atoms with Crippen LogP contribution >= 0.6 is 24.0 Å². The van der Waals surface area contributed by atoms with Gasteiger partial charge in [-0.25, -0.2) is 4.99 Å². The molecule has 3 N–H and O–H groups in total. The van der Waals surface area contributed by atoms with E-state index in [0.717, 1.165) is 6.61 Å². The van der Waals surface area contributed by atoms with Gasteiger partial charge in [0.25, 0.3) is 0 Å². The lowest BCUT2D eigenvalue weighted by Gasteiger charge is -2.54. The number of guanidine groups is 1. The fourth-order valence-electron chi connectivity index (χ4n) is 5.66. The Morgan fingerprint density at radius 3 is 2.39 bits per heavy atom. The minimum absolute atomic E-state index is 0. The maximum Gasteiger partial charge on any atom is 0.189 e. The van der Waals surface area contributed by atoms with Gasteiger partial charge >= 0.3 is 0 Å². The fourth-order valence-corrected chi connectivity index (χ4v) is 5.66. The van der Waals surface area contributed by atoms with Gasteiger partial charge in [0.15, 0.2) is 5.96 Å². The molecule has 5 heteroatoms. The van der Waals surface area contributed by atoms with Gasteiger partial charge in [0.1, 0.15) is 0 Å². The first-order valence-electron chi connectivity index (χ1n) is 9.51. The number of rotatable bonds is 2. The first kappa shape index (κ1) is 17.8. The zero-order chi connectivity index (χ0) is 15.0. The van der Waals surface area contributed by atoms with Crippen molar-refractivity contribution in [3.8, 4) is 0 Å². The topological polar surface area (TPSA) is 59.6 Å². The molecule has 0 radical (unpaired) electrons. The highest BCUT2D eigenvalue weighted by Crippen LogP contribution is 2.61. The third-order valence-corrected chi connectivity index (χ3v) is 6.72. The van der Waals surface area contributed by atoms with Crippen molar-refractivity contribution in [2.24, 2.45) is 22.1 Å². The lowest BCUT2D eigenvalue weighted by atomic mass is 9.54. The monoisotopic (exact) mass is 433 g/mol. The van der Waals surface area contributed by atoms with Crippen LogP contribution in [0.15, 0.2) is 4.99 Å². The first-order valence-corrected chi connectivity index (χ1v) is 9.51. The molecule has 4 nitrogen and oxygen atoms in total. The molecule has 0 bridgehead atoms. The maximum absolute atomic E-state index is 6.30. The van der Waals surface area contributed by atoms with Crippen LogP contribution in [-0.4, -0.2) is 30.8 Å². The van der Waals surface area contributed by atoms with Crippen molar-refractivity contribution >= 4 is 29.9 Å². The molecule has 0 amide bonds. The van der Waals surface area contributed by atoms with Crippen molar-refractivity contribution in [3.63, 3.8) is 0 Å². The van der Waals surface area contributed by atoms with E-state index in [1.807, 2.05) is 0 Å². The molecule has 4 aliphatic rings. The van der Waals surface area contributed by atoms with Gasteiger partial charge in [-0.1, -0.05) is 38.5 Å². The SMILES string of the molecule is I.NC(=NC1C2CCOC2C12CCCC2)NC1CCCCCC1. The summed E-state index contributed by atoms with van der Waals surface area (Å²) in [5.41, 5.74) is 6.63. The molecular weight excluding hydrogens is 401 g/mol. The molecule has 3 unspecified atom stereocenters. The summed E-state index contributed by atoms with van der Waals surface area (Å²) in [6.07, 6.45) is 14.8. The van der Waals surface area contributed by atoms with Gasteiger partial charge in [-0.05, 0) is 32.1 Å². The Kier molecular flexibility index (Phi) is 5.76. The number of nitrogens with one attached hydrogen (secondary N) is 1. The molecule has 132 valence electrons. The molecular formula is C18H32IN3O. The van der Waals surface area contributed by atoms with Gasteiger partial charge in [-0.3, -0.25) is 0 Å². The van der Waals surface area contributed by atoms with Crippen molar-refractivity contribution in [3.05, 3.63) is 0 Å². The number of hydrogen-bond acceptors (Lipinski definition) is 2. The zero-order valence-corrected chi connectivity index (χ0v) is 16.5. The number of nitrogens with two attached hydrogens (primary N) is 1. The zero-order valence-electron chi connectivity index (χ0n) is 14.1. The van der Waals surface area contributed by atoms with Crippen molar-refractivity contribution in [2.45, 2.75) is 88.8 Å². The van der Waals surface area contributed by atoms with Crippen molar-refractivity contribution in [1.82, 2.24) is 5.32 Å². The second-order valence-electron chi connectivity index (χ2n) is 7.98. The highest BCUT2D eigenvalue weighted by molar-refractivity contribution is 14.0. The van der Waals surface area contributed by atoms with Crippen molar-refractivity contribution in [1.29, 1.82) is 0 Å². The van der Waals surface area contributed by atoms with Crippen LogP contribution in [0.2, 0.25) is 0 Å². The van der Waals surface area contributed by atoms with Gasteiger partial charge in [-0.15, -0.1) is 24.0 Å². The molecule has 3 atom stereocenters. The second-order valence-corrected chi connectivity index (χ2v) is 7.98. The van der Waals surface area contributed by atoms with E-state index in [9.17, 15) is 0 Å². The highest BCUT2D eigenvalue weighted by atomic mass is 127. The molecule has 3 saturated carbocycles. The van der Waals surface area contributed by atoms with E-state index in [4.69, 9.17) is 15.5 Å². The lowest BCUT2D eigenvalue weighted by Crippen LogP contribution is -2.61. The summed E-state index contributed by atoms with van der Waals surface area (Å²) in [5, 5.41) is 3.53. The fraction of sp³-hybridized carbons (Fsp3) is 0.944. The number of aliphatic imine (C=N–C) groups is 1. The molecule has 0 aromatic rings. The van der Waals surface area contributed by atoms with Crippen LogP contribution in [0.25, 0.3) is 0 Å².